The number of carboxylic acids is 1. The second-order valence-corrected chi connectivity index (χ2v) is 5.95. The number of carbonyl (C=O) groups is 1. The highest BCUT2D eigenvalue weighted by Gasteiger charge is 2.34. The van der Waals surface area contributed by atoms with Crippen LogP contribution in [0.4, 0.5) is 0 Å². The number of hydrogen-bond donors (Lipinski definition) is 1. The lowest BCUT2D eigenvalue weighted by Crippen LogP contribution is -2.37. The molecule has 23 heavy (non-hydrogen) atoms. The highest BCUT2D eigenvalue weighted by molar-refractivity contribution is 6.08. The van der Waals surface area contributed by atoms with E-state index in [1.807, 2.05) is 50.1 Å². The first-order valence-electron chi connectivity index (χ1n) is 7.81. The average Bonchev–Trinajstić information content (AvgIpc) is 2.52. The van der Waals surface area contributed by atoms with Crippen molar-refractivity contribution in [3.8, 4) is 6.07 Å². The molecule has 0 amide bonds. The van der Waals surface area contributed by atoms with Crippen LogP contribution in [0.15, 0.2) is 41.1 Å². The first-order valence-corrected chi connectivity index (χ1v) is 7.81. The van der Waals surface area contributed by atoms with Crippen molar-refractivity contribution in [2.45, 2.75) is 39.7 Å². The molecular formula is C19H22N2O2. The Labute approximate surface area is 137 Å². The van der Waals surface area contributed by atoms with Crippen molar-refractivity contribution in [1.29, 1.82) is 5.26 Å². The minimum atomic E-state index is -0.993. The normalized spacial score (nSPS) is 18.2. The van der Waals surface area contributed by atoms with Crippen LogP contribution in [-0.2, 0) is 4.79 Å². The third-order valence-electron chi connectivity index (χ3n) is 4.45. The van der Waals surface area contributed by atoms with E-state index in [-0.39, 0.29) is 11.6 Å². The molecule has 2 rings (SSSR count). The number of carboxylic acid groups (broad SMARTS) is 1. The van der Waals surface area contributed by atoms with E-state index in [0.717, 1.165) is 24.0 Å². The number of aliphatic carboxylic acids is 1. The van der Waals surface area contributed by atoms with Crippen molar-refractivity contribution in [1.82, 2.24) is 4.90 Å². The molecular weight excluding hydrogens is 288 g/mol. The molecule has 0 bridgehead atoms. The molecule has 1 aliphatic rings. The molecule has 120 valence electrons. The predicted octanol–water partition coefficient (Wildman–Crippen LogP) is 3.74. The third-order valence-corrected chi connectivity index (χ3v) is 4.45. The van der Waals surface area contributed by atoms with Gasteiger partial charge in [0.25, 0.3) is 0 Å². The second kappa shape index (κ2) is 6.70. The van der Waals surface area contributed by atoms with E-state index in [4.69, 9.17) is 0 Å². The van der Waals surface area contributed by atoms with E-state index in [2.05, 4.69) is 13.0 Å². The monoisotopic (exact) mass is 310 g/mol. The van der Waals surface area contributed by atoms with Crippen molar-refractivity contribution < 1.29 is 9.90 Å². The Balaban J connectivity index is 2.76. The number of nitrogens with zero attached hydrogens (tertiary/aromatic N) is 2. The SMILES string of the molecule is CCCC1C(C#N)=C(c2ccc(C)cc2)C(C(=O)O)=C(C)N1C. The Morgan fingerprint density at radius 3 is 2.39 bits per heavy atom. The Bertz CT molecular complexity index is 721. The average molecular weight is 310 g/mol. The molecule has 1 N–H and O–H groups in total. The lowest BCUT2D eigenvalue weighted by atomic mass is 9.83. The third kappa shape index (κ3) is 3.00. The number of nitriles is 1. The molecule has 4 nitrogen and oxygen atoms in total. The molecule has 0 aromatic heterocycles. The lowest BCUT2D eigenvalue weighted by Gasteiger charge is -2.37. The van der Waals surface area contributed by atoms with Crippen LogP contribution in [0.25, 0.3) is 5.57 Å². The minimum Gasteiger partial charge on any atom is -0.478 e. The van der Waals surface area contributed by atoms with Crippen LogP contribution >= 0.6 is 0 Å². The van der Waals surface area contributed by atoms with Crippen molar-refractivity contribution in [3.05, 3.63) is 52.2 Å². The van der Waals surface area contributed by atoms with Gasteiger partial charge >= 0.3 is 5.97 Å². The molecule has 1 atom stereocenters. The summed E-state index contributed by atoms with van der Waals surface area (Å²) in [6, 6.07) is 9.88. The number of aryl methyl sites for hydroxylation is 1. The van der Waals surface area contributed by atoms with Gasteiger partial charge in [-0.15, -0.1) is 0 Å². The van der Waals surface area contributed by atoms with Crippen molar-refractivity contribution in [3.63, 3.8) is 0 Å². The van der Waals surface area contributed by atoms with E-state index in [1.54, 1.807) is 0 Å². The maximum absolute atomic E-state index is 11.9. The van der Waals surface area contributed by atoms with Crippen LogP contribution in [0.5, 0.6) is 0 Å². The fourth-order valence-corrected chi connectivity index (χ4v) is 3.11. The summed E-state index contributed by atoms with van der Waals surface area (Å²) in [6.45, 7) is 5.87. The summed E-state index contributed by atoms with van der Waals surface area (Å²) in [5.41, 5.74) is 3.92. The smallest absolute Gasteiger partial charge is 0.338 e. The van der Waals surface area contributed by atoms with Gasteiger partial charge in [0.2, 0.25) is 0 Å². The zero-order valence-electron chi connectivity index (χ0n) is 14.1. The van der Waals surface area contributed by atoms with Gasteiger partial charge in [0.15, 0.2) is 0 Å². The lowest BCUT2D eigenvalue weighted by molar-refractivity contribution is -0.132. The van der Waals surface area contributed by atoms with Gasteiger partial charge in [-0.05, 0) is 25.8 Å². The Morgan fingerprint density at radius 1 is 1.30 bits per heavy atom. The van der Waals surface area contributed by atoms with E-state index in [9.17, 15) is 15.2 Å². The van der Waals surface area contributed by atoms with Crippen LogP contribution in [0.2, 0.25) is 0 Å². The molecule has 4 heteroatoms. The summed E-state index contributed by atoms with van der Waals surface area (Å²) < 4.78 is 0. The van der Waals surface area contributed by atoms with Crippen LogP contribution in [0, 0.1) is 18.3 Å². The van der Waals surface area contributed by atoms with E-state index >= 15 is 0 Å². The number of benzene rings is 1. The Morgan fingerprint density at radius 2 is 1.91 bits per heavy atom. The van der Waals surface area contributed by atoms with E-state index in [1.165, 1.54) is 0 Å². The van der Waals surface area contributed by atoms with Crippen LogP contribution < -0.4 is 0 Å². The van der Waals surface area contributed by atoms with E-state index in [0.29, 0.717) is 16.8 Å². The summed E-state index contributed by atoms with van der Waals surface area (Å²) in [5, 5.41) is 19.4. The van der Waals surface area contributed by atoms with Gasteiger partial charge in [-0.3, -0.25) is 0 Å². The van der Waals surface area contributed by atoms with Crippen molar-refractivity contribution in [2.75, 3.05) is 7.05 Å². The summed E-state index contributed by atoms with van der Waals surface area (Å²) in [4.78, 5) is 13.8. The van der Waals surface area contributed by atoms with Crippen molar-refractivity contribution >= 4 is 11.5 Å². The molecule has 0 aliphatic carbocycles. The van der Waals surface area contributed by atoms with Crippen LogP contribution in [0.3, 0.4) is 0 Å². The molecule has 0 spiro atoms. The zero-order chi connectivity index (χ0) is 17.1. The quantitative estimate of drug-likeness (QED) is 0.920. The molecule has 1 aromatic carbocycles. The fraction of sp³-hybridized carbons (Fsp3) is 0.368. The first kappa shape index (κ1) is 16.8. The standard InChI is InChI=1S/C19H22N2O2/c1-5-6-16-15(11-20)18(14-9-7-12(2)8-10-14)17(19(22)23)13(3)21(16)4/h7-10,16H,5-6H2,1-4H3,(H,22,23). The first-order chi connectivity index (χ1) is 10.9. The number of allylic oxidation sites excluding steroid dienone is 1. The topological polar surface area (TPSA) is 64.3 Å². The summed E-state index contributed by atoms with van der Waals surface area (Å²) in [5.74, 6) is -0.993. The maximum Gasteiger partial charge on any atom is 0.338 e. The summed E-state index contributed by atoms with van der Waals surface area (Å²) >= 11 is 0. The Kier molecular flexibility index (Phi) is 4.90. The largest absolute Gasteiger partial charge is 0.478 e. The van der Waals surface area contributed by atoms with Crippen LogP contribution in [-0.4, -0.2) is 29.1 Å². The molecule has 1 unspecified atom stereocenters. The molecule has 0 saturated carbocycles. The fourth-order valence-electron chi connectivity index (χ4n) is 3.11. The number of rotatable bonds is 4. The molecule has 0 radical (unpaired) electrons. The number of hydrogen-bond acceptors (Lipinski definition) is 3. The Hall–Kier alpha value is -2.54. The van der Waals surface area contributed by atoms with Gasteiger partial charge in [0.1, 0.15) is 0 Å². The summed E-state index contributed by atoms with van der Waals surface area (Å²) in [6.07, 6.45) is 1.75. The number of likely N-dealkylation sites (N-methyl/N-ethyl adjacent to an activating group) is 1. The van der Waals surface area contributed by atoms with Gasteiger partial charge < -0.3 is 10.0 Å². The summed E-state index contributed by atoms with van der Waals surface area (Å²) in [7, 11) is 1.86. The van der Waals surface area contributed by atoms with Gasteiger partial charge in [-0.25, -0.2) is 4.79 Å². The molecule has 1 aliphatic heterocycles. The second-order valence-electron chi connectivity index (χ2n) is 5.95. The predicted molar refractivity (Wildman–Crippen MR) is 90.5 cm³/mol. The maximum atomic E-state index is 11.9. The van der Waals surface area contributed by atoms with Crippen molar-refractivity contribution in [2.24, 2.45) is 0 Å². The molecule has 1 heterocycles. The minimum absolute atomic E-state index is 0.0793. The van der Waals surface area contributed by atoms with Gasteiger partial charge in [0.05, 0.1) is 23.3 Å². The van der Waals surface area contributed by atoms with Crippen LogP contribution in [0.1, 0.15) is 37.8 Å². The highest BCUT2D eigenvalue weighted by atomic mass is 16.4. The van der Waals surface area contributed by atoms with Gasteiger partial charge in [-0.2, -0.15) is 5.26 Å². The molecule has 1 aromatic rings. The molecule has 0 fully saturated rings. The highest BCUT2D eigenvalue weighted by Crippen LogP contribution is 2.38. The zero-order valence-corrected chi connectivity index (χ0v) is 14.1. The van der Waals surface area contributed by atoms with E-state index < -0.39 is 5.97 Å². The van der Waals surface area contributed by atoms with Gasteiger partial charge in [0, 0.05) is 18.3 Å². The van der Waals surface area contributed by atoms with Gasteiger partial charge in [-0.1, -0.05) is 43.2 Å². The molecule has 0 saturated heterocycles.